The first-order chi connectivity index (χ1) is 11.5. The van der Waals surface area contributed by atoms with E-state index in [2.05, 4.69) is 38.2 Å². The minimum atomic E-state index is -0.424. The molecule has 6 atom stereocenters. The van der Waals surface area contributed by atoms with Gasteiger partial charge in [-0.2, -0.15) is 0 Å². The standard InChI is InChI=1S/C22H32O2/c1-4-11-22(23)13-10-20-19-7-5-15-14-16(24-3)6-8-17(15)18(19)9-12-21(20,22)2/h5-6,8,14,17-20,23H,4,7,9-13H2,1-3H3/t17-,18+,19+,20-,21-,22-/m0/s1. The van der Waals surface area contributed by atoms with Gasteiger partial charge in [-0.15, -0.1) is 0 Å². The third-order valence-corrected chi connectivity index (χ3v) is 7.96. The zero-order valence-electron chi connectivity index (χ0n) is 15.4. The number of allylic oxidation sites excluding steroid dienone is 5. The minimum Gasteiger partial charge on any atom is -0.497 e. The first kappa shape index (κ1) is 16.4. The van der Waals surface area contributed by atoms with E-state index >= 15 is 0 Å². The fraction of sp³-hybridized carbons (Fsp3) is 0.727. The van der Waals surface area contributed by atoms with Crippen LogP contribution in [0.25, 0.3) is 0 Å². The van der Waals surface area contributed by atoms with E-state index in [1.807, 2.05) is 0 Å². The monoisotopic (exact) mass is 328 g/mol. The third-order valence-electron chi connectivity index (χ3n) is 7.96. The fourth-order valence-electron chi connectivity index (χ4n) is 6.64. The second-order valence-electron chi connectivity index (χ2n) is 8.79. The van der Waals surface area contributed by atoms with Gasteiger partial charge in [-0.1, -0.05) is 32.4 Å². The molecule has 0 aromatic rings. The van der Waals surface area contributed by atoms with Crippen LogP contribution in [0.5, 0.6) is 0 Å². The van der Waals surface area contributed by atoms with Crippen molar-refractivity contribution in [2.45, 2.75) is 64.4 Å². The SMILES string of the molecule is CCC[C@]1(O)CC[C@H]2[C@@H]3CC=C4C=C(OC)C=C[C@@H]4[C@H]3CC[C@@]21C. The van der Waals surface area contributed by atoms with E-state index in [1.54, 1.807) is 7.11 Å². The highest BCUT2D eigenvalue weighted by atomic mass is 16.5. The molecule has 4 rings (SSSR count). The lowest BCUT2D eigenvalue weighted by Crippen LogP contribution is -2.52. The first-order valence-corrected chi connectivity index (χ1v) is 9.89. The Morgan fingerprint density at radius 2 is 2.08 bits per heavy atom. The Morgan fingerprint density at radius 3 is 2.83 bits per heavy atom. The summed E-state index contributed by atoms with van der Waals surface area (Å²) in [6, 6.07) is 0. The van der Waals surface area contributed by atoms with Gasteiger partial charge >= 0.3 is 0 Å². The van der Waals surface area contributed by atoms with Crippen LogP contribution in [0.15, 0.2) is 35.6 Å². The van der Waals surface area contributed by atoms with E-state index in [4.69, 9.17) is 4.74 Å². The summed E-state index contributed by atoms with van der Waals surface area (Å²) in [6.07, 6.45) is 17.1. The van der Waals surface area contributed by atoms with Crippen molar-refractivity contribution in [2.75, 3.05) is 7.11 Å². The van der Waals surface area contributed by atoms with Gasteiger partial charge in [0.15, 0.2) is 0 Å². The Kier molecular flexibility index (Phi) is 3.95. The summed E-state index contributed by atoms with van der Waals surface area (Å²) in [5.74, 6) is 3.72. The molecule has 0 bridgehead atoms. The third kappa shape index (κ3) is 2.18. The predicted molar refractivity (Wildman–Crippen MR) is 97.3 cm³/mol. The van der Waals surface area contributed by atoms with Crippen LogP contribution >= 0.6 is 0 Å². The average molecular weight is 328 g/mol. The number of rotatable bonds is 3. The molecule has 0 radical (unpaired) electrons. The fourth-order valence-corrected chi connectivity index (χ4v) is 6.64. The number of ether oxygens (including phenoxy) is 1. The molecular formula is C22H32O2. The average Bonchev–Trinajstić information content (AvgIpc) is 2.86. The molecule has 0 aromatic carbocycles. The maximum Gasteiger partial charge on any atom is 0.118 e. The molecule has 0 saturated heterocycles. The molecule has 4 aliphatic rings. The molecule has 24 heavy (non-hydrogen) atoms. The maximum absolute atomic E-state index is 11.4. The Bertz CT molecular complexity index is 601. The molecule has 1 N–H and O–H groups in total. The Morgan fingerprint density at radius 1 is 1.25 bits per heavy atom. The van der Waals surface area contributed by atoms with Crippen LogP contribution < -0.4 is 0 Å². The molecule has 4 aliphatic carbocycles. The summed E-state index contributed by atoms with van der Waals surface area (Å²) < 4.78 is 5.42. The zero-order chi connectivity index (χ0) is 16.9. The number of hydrogen-bond donors (Lipinski definition) is 1. The van der Waals surface area contributed by atoms with Crippen molar-refractivity contribution in [3.63, 3.8) is 0 Å². The lowest BCUT2D eigenvalue weighted by Gasteiger charge is -2.54. The summed E-state index contributed by atoms with van der Waals surface area (Å²) >= 11 is 0. The molecular weight excluding hydrogens is 296 g/mol. The molecule has 2 fully saturated rings. The van der Waals surface area contributed by atoms with Crippen LogP contribution in [0.2, 0.25) is 0 Å². The molecule has 0 aromatic heterocycles. The second kappa shape index (κ2) is 5.76. The van der Waals surface area contributed by atoms with Crippen molar-refractivity contribution in [3.05, 3.63) is 35.6 Å². The number of hydrogen-bond acceptors (Lipinski definition) is 2. The van der Waals surface area contributed by atoms with E-state index in [0.717, 1.165) is 36.9 Å². The van der Waals surface area contributed by atoms with E-state index in [-0.39, 0.29) is 5.41 Å². The van der Waals surface area contributed by atoms with Crippen molar-refractivity contribution in [2.24, 2.45) is 29.1 Å². The van der Waals surface area contributed by atoms with E-state index in [0.29, 0.717) is 11.8 Å². The van der Waals surface area contributed by atoms with Crippen LogP contribution in [-0.4, -0.2) is 17.8 Å². The van der Waals surface area contributed by atoms with Gasteiger partial charge in [0.2, 0.25) is 0 Å². The molecule has 0 unspecified atom stereocenters. The van der Waals surface area contributed by atoms with Gasteiger partial charge in [-0.3, -0.25) is 0 Å². The second-order valence-corrected chi connectivity index (χ2v) is 8.79. The van der Waals surface area contributed by atoms with E-state index < -0.39 is 5.60 Å². The molecule has 0 aliphatic heterocycles. The molecule has 2 heteroatoms. The summed E-state index contributed by atoms with van der Waals surface area (Å²) in [4.78, 5) is 0. The van der Waals surface area contributed by atoms with Crippen molar-refractivity contribution in [1.29, 1.82) is 0 Å². The lowest BCUT2D eigenvalue weighted by atomic mass is 9.51. The van der Waals surface area contributed by atoms with E-state index in [1.165, 1.54) is 31.3 Å². The van der Waals surface area contributed by atoms with Gasteiger partial charge in [0.25, 0.3) is 0 Å². The van der Waals surface area contributed by atoms with Gasteiger partial charge in [-0.05, 0) is 79.4 Å². The van der Waals surface area contributed by atoms with Gasteiger partial charge < -0.3 is 9.84 Å². The minimum absolute atomic E-state index is 0.126. The topological polar surface area (TPSA) is 29.5 Å². The number of fused-ring (bicyclic) bond motifs is 5. The molecule has 0 amide bonds. The lowest BCUT2D eigenvalue weighted by molar-refractivity contribution is -0.116. The summed E-state index contributed by atoms with van der Waals surface area (Å²) in [7, 11) is 1.75. The summed E-state index contributed by atoms with van der Waals surface area (Å²) in [5.41, 5.74) is 1.16. The van der Waals surface area contributed by atoms with Gasteiger partial charge in [-0.25, -0.2) is 0 Å². The van der Waals surface area contributed by atoms with Crippen molar-refractivity contribution < 1.29 is 9.84 Å². The normalized spacial score (nSPS) is 46.5. The van der Waals surface area contributed by atoms with Crippen LogP contribution in [0.4, 0.5) is 0 Å². The Balaban J connectivity index is 1.63. The maximum atomic E-state index is 11.4. The van der Waals surface area contributed by atoms with Crippen molar-refractivity contribution in [1.82, 2.24) is 0 Å². The van der Waals surface area contributed by atoms with Gasteiger partial charge in [0.1, 0.15) is 5.76 Å². The van der Waals surface area contributed by atoms with Crippen LogP contribution in [0.3, 0.4) is 0 Å². The van der Waals surface area contributed by atoms with Crippen molar-refractivity contribution >= 4 is 0 Å². The molecule has 2 saturated carbocycles. The van der Waals surface area contributed by atoms with Gasteiger partial charge in [0.05, 0.1) is 12.7 Å². The summed E-state index contributed by atoms with van der Waals surface area (Å²) in [6.45, 7) is 4.61. The van der Waals surface area contributed by atoms with Crippen LogP contribution in [0.1, 0.15) is 58.8 Å². The Labute approximate surface area is 146 Å². The molecule has 132 valence electrons. The molecule has 2 nitrogen and oxygen atoms in total. The van der Waals surface area contributed by atoms with Gasteiger partial charge in [0, 0.05) is 5.92 Å². The largest absolute Gasteiger partial charge is 0.497 e. The highest BCUT2D eigenvalue weighted by molar-refractivity contribution is 5.39. The predicted octanol–water partition coefficient (Wildman–Crippen LogP) is 5.01. The van der Waals surface area contributed by atoms with Crippen molar-refractivity contribution in [3.8, 4) is 0 Å². The first-order valence-electron chi connectivity index (χ1n) is 9.89. The zero-order valence-corrected chi connectivity index (χ0v) is 15.4. The Hall–Kier alpha value is -1.02. The molecule has 0 spiro atoms. The number of methoxy groups -OCH3 is 1. The highest BCUT2D eigenvalue weighted by Gasteiger charge is 2.61. The van der Waals surface area contributed by atoms with Crippen LogP contribution in [-0.2, 0) is 4.74 Å². The quantitative estimate of drug-likeness (QED) is 0.789. The molecule has 0 heterocycles. The number of aliphatic hydroxyl groups is 1. The smallest absolute Gasteiger partial charge is 0.118 e. The highest BCUT2D eigenvalue weighted by Crippen LogP contribution is 2.64. The van der Waals surface area contributed by atoms with Crippen LogP contribution in [0, 0.1) is 29.1 Å². The van der Waals surface area contributed by atoms with E-state index in [9.17, 15) is 5.11 Å². The summed E-state index contributed by atoms with van der Waals surface area (Å²) in [5, 5.41) is 11.4.